The van der Waals surface area contributed by atoms with Crippen molar-refractivity contribution < 1.29 is 9.90 Å². The Morgan fingerprint density at radius 1 is 1.24 bits per heavy atom. The van der Waals surface area contributed by atoms with Gasteiger partial charge in [0.05, 0.1) is 22.1 Å². The average Bonchev–Trinajstić information content (AvgIpc) is 3.31. The number of aromatic nitrogens is 2. The van der Waals surface area contributed by atoms with Crippen LogP contribution in [0.2, 0.25) is 4.34 Å². The first-order valence-corrected chi connectivity index (χ1v) is 12.1. The molecule has 0 radical (unpaired) electrons. The normalized spacial score (nSPS) is 20.8. The Kier molecular flexibility index (Phi) is 10.2. The summed E-state index contributed by atoms with van der Waals surface area (Å²) >= 11 is 7.63. The van der Waals surface area contributed by atoms with Crippen LogP contribution in [0.4, 0.5) is 5.82 Å². The zero-order chi connectivity index (χ0) is 22.1. The van der Waals surface area contributed by atoms with E-state index in [0.29, 0.717) is 49.5 Å². The first-order chi connectivity index (χ1) is 14.8. The zero-order valence-corrected chi connectivity index (χ0v) is 22.2. The minimum atomic E-state index is -0.513. The first-order valence-electron chi connectivity index (χ1n) is 10.9. The monoisotopic (exact) mass is 535 g/mol. The molecule has 2 aromatic rings. The Balaban J connectivity index is 0.00000193. The summed E-state index contributed by atoms with van der Waals surface area (Å²) in [5.41, 5.74) is 1.81. The number of amides is 1. The smallest absolute Gasteiger partial charge is 0.232 e. The van der Waals surface area contributed by atoms with Crippen molar-refractivity contribution in [1.29, 1.82) is 0 Å². The van der Waals surface area contributed by atoms with Gasteiger partial charge in [0.2, 0.25) is 5.91 Å². The second-order valence-corrected chi connectivity index (χ2v) is 10.5. The fourth-order valence-corrected chi connectivity index (χ4v) is 5.65. The number of nitrogens with one attached hydrogen (secondary N) is 1. The van der Waals surface area contributed by atoms with Gasteiger partial charge in [-0.1, -0.05) is 32.4 Å². The first kappa shape index (κ1) is 28.1. The molecule has 0 spiro atoms. The number of thiophene rings is 1. The number of aliphatic hydroxyl groups excluding tert-OH is 1. The van der Waals surface area contributed by atoms with Gasteiger partial charge in [-0.15, -0.1) is 36.2 Å². The molecule has 3 atom stereocenters. The summed E-state index contributed by atoms with van der Waals surface area (Å²) in [6, 6.07) is 4.13. The largest absolute Gasteiger partial charge is 0.387 e. The summed E-state index contributed by atoms with van der Waals surface area (Å²) in [4.78, 5) is 27.5. The summed E-state index contributed by atoms with van der Waals surface area (Å²) in [6.07, 6.45) is 1.72. The Labute approximate surface area is 216 Å². The van der Waals surface area contributed by atoms with Crippen LogP contribution in [-0.4, -0.2) is 64.6 Å². The maximum atomic E-state index is 13.4. The quantitative estimate of drug-likeness (QED) is 0.581. The van der Waals surface area contributed by atoms with E-state index in [2.05, 4.69) is 41.0 Å². The minimum absolute atomic E-state index is 0. The van der Waals surface area contributed by atoms with E-state index in [-0.39, 0.29) is 42.6 Å². The number of hydrogen-bond acceptors (Lipinski definition) is 7. The van der Waals surface area contributed by atoms with Gasteiger partial charge >= 0.3 is 0 Å². The van der Waals surface area contributed by atoms with Crippen LogP contribution < -0.4 is 10.2 Å². The summed E-state index contributed by atoms with van der Waals surface area (Å²) in [5.74, 6) is 1.05. The number of nitrogens with zero attached hydrogens (tertiary/aromatic N) is 4. The lowest BCUT2D eigenvalue weighted by Gasteiger charge is -2.38. The molecule has 0 bridgehead atoms. The summed E-state index contributed by atoms with van der Waals surface area (Å²) in [6.45, 7) is 9.60. The van der Waals surface area contributed by atoms with E-state index in [1.54, 1.807) is 6.33 Å². The van der Waals surface area contributed by atoms with Crippen molar-refractivity contribution in [3.8, 4) is 0 Å². The van der Waals surface area contributed by atoms with Crippen LogP contribution in [0.25, 0.3) is 0 Å². The lowest BCUT2D eigenvalue weighted by Crippen LogP contribution is -2.51. The molecule has 1 aliphatic heterocycles. The van der Waals surface area contributed by atoms with Gasteiger partial charge in [0.1, 0.15) is 12.1 Å². The molecule has 33 heavy (non-hydrogen) atoms. The van der Waals surface area contributed by atoms with Gasteiger partial charge in [-0.3, -0.25) is 4.79 Å². The van der Waals surface area contributed by atoms with Gasteiger partial charge in [0, 0.05) is 49.2 Å². The fourth-order valence-electron chi connectivity index (χ4n) is 4.49. The second-order valence-electron chi connectivity index (χ2n) is 8.72. The summed E-state index contributed by atoms with van der Waals surface area (Å²) in [5, 5.41) is 13.7. The number of aliphatic hydroxyl groups is 1. The molecule has 184 valence electrons. The van der Waals surface area contributed by atoms with Crippen molar-refractivity contribution in [3.05, 3.63) is 38.9 Å². The van der Waals surface area contributed by atoms with E-state index in [9.17, 15) is 9.90 Å². The van der Waals surface area contributed by atoms with E-state index in [4.69, 9.17) is 11.6 Å². The van der Waals surface area contributed by atoms with Crippen LogP contribution in [0.1, 0.15) is 61.3 Å². The lowest BCUT2D eigenvalue weighted by molar-refractivity contribution is -0.133. The molecule has 2 aliphatic rings. The molecule has 1 aliphatic carbocycles. The van der Waals surface area contributed by atoms with E-state index in [1.807, 2.05) is 17.0 Å². The third-order valence-corrected chi connectivity index (χ3v) is 7.48. The molecule has 7 nitrogen and oxygen atoms in total. The van der Waals surface area contributed by atoms with E-state index in [1.165, 1.54) is 11.3 Å². The van der Waals surface area contributed by atoms with Gasteiger partial charge in [-0.2, -0.15) is 0 Å². The minimum Gasteiger partial charge on any atom is -0.387 e. The van der Waals surface area contributed by atoms with Crippen molar-refractivity contribution >= 4 is 59.5 Å². The number of piperazine rings is 1. The summed E-state index contributed by atoms with van der Waals surface area (Å²) < 4.78 is 0.705. The number of carbonyl (C=O) groups is 1. The predicted octanol–water partition coefficient (Wildman–Crippen LogP) is 4.01. The lowest BCUT2D eigenvalue weighted by atomic mass is 10.0. The van der Waals surface area contributed by atoms with Crippen molar-refractivity contribution in [3.63, 3.8) is 0 Å². The Morgan fingerprint density at radius 3 is 2.55 bits per heavy atom. The molecule has 3 heterocycles. The van der Waals surface area contributed by atoms with Crippen LogP contribution >= 0.6 is 47.8 Å². The van der Waals surface area contributed by atoms with Crippen LogP contribution in [0, 0.1) is 0 Å². The molecule has 2 aromatic heterocycles. The van der Waals surface area contributed by atoms with Gasteiger partial charge in [-0.05, 0) is 24.5 Å². The highest BCUT2D eigenvalue weighted by Gasteiger charge is 2.35. The zero-order valence-electron chi connectivity index (χ0n) is 19.0. The molecule has 1 saturated heterocycles. The molecule has 0 saturated carbocycles. The maximum absolute atomic E-state index is 13.4. The van der Waals surface area contributed by atoms with Crippen LogP contribution in [0.15, 0.2) is 18.5 Å². The molecular formula is C22H32Cl3N5O2S. The molecule has 4 rings (SSSR count). The van der Waals surface area contributed by atoms with Crippen molar-refractivity contribution in [2.75, 3.05) is 37.6 Å². The van der Waals surface area contributed by atoms with Gasteiger partial charge < -0.3 is 20.2 Å². The number of halogens is 3. The molecule has 2 N–H and O–H groups in total. The van der Waals surface area contributed by atoms with Crippen molar-refractivity contribution in [2.24, 2.45) is 0 Å². The van der Waals surface area contributed by atoms with Crippen LogP contribution in [0.5, 0.6) is 0 Å². The third-order valence-electron chi connectivity index (χ3n) is 6.14. The highest BCUT2D eigenvalue weighted by Crippen LogP contribution is 2.42. The van der Waals surface area contributed by atoms with Gasteiger partial charge in [0.25, 0.3) is 0 Å². The Bertz CT molecular complexity index is 937. The molecule has 11 heteroatoms. The highest BCUT2D eigenvalue weighted by atomic mass is 35.5. The topological polar surface area (TPSA) is 81.6 Å². The third kappa shape index (κ3) is 6.10. The highest BCUT2D eigenvalue weighted by molar-refractivity contribution is 7.16. The van der Waals surface area contributed by atoms with Crippen LogP contribution in [-0.2, 0) is 4.79 Å². The predicted molar refractivity (Wildman–Crippen MR) is 139 cm³/mol. The molecule has 1 amide bonds. The van der Waals surface area contributed by atoms with E-state index in [0.717, 1.165) is 22.0 Å². The van der Waals surface area contributed by atoms with Crippen molar-refractivity contribution in [1.82, 2.24) is 20.2 Å². The summed E-state index contributed by atoms with van der Waals surface area (Å²) in [7, 11) is 0. The van der Waals surface area contributed by atoms with Crippen LogP contribution in [0.3, 0.4) is 0 Å². The number of rotatable bonds is 6. The number of carbonyl (C=O) groups excluding carboxylic acids is 1. The second kappa shape index (κ2) is 12.0. The van der Waals surface area contributed by atoms with Crippen molar-refractivity contribution in [2.45, 2.75) is 51.2 Å². The Morgan fingerprint density at radius 2 is 1.94 bits per heavy atom. The Hall–Kier alpha value is -1.16. The average molecular weight is 537 g/mol. The standard InChI is InChI=1S/C22H30ClN5O2S.2ClH/c1-13(2)24-11-15(17-4-5-18(23)31-17)22(30)28-8-6-27(7-9-28)21-19-14(3)10-16(29)20(19)25-12-26-21;;/h4-5,12-16,24,29H,6-11H2,1-3H3;2*1H/t14-,15-,16-;;/m1../s1. The maximum Gasteiger partial charge on any atom is 0.232 e. The molecule has 0 unspecified atom stereocenters. The fraction of sp³-hybridized carbons (Fsp3) is 0.591. The SMILES string of the molecule is CC(C)NC[C@@H](C(=O)N1CCN(c2ncnc3c2[C@H](C)C[C@H]3O)CC1)c1ccc(Cl)s1.Cl.Cl. The van der Waals surface area contributed by atoms with E-state index >= 15 is 0 Å². The number of fused-ring (bicyclic) bond motifs is 1. The molecule has 0 aromatic carbocycles. The molecular weight excluding hydrogens is 505 g/mol. The number of anilines is 1. The number of hydrogen-bond donors (Lipinski definition) is 2. The van der Waals surface area contributed by atoms with E-state index < -0.39 is 6.10 Å². The van der Waals surface area contributed by atoms with Gasteiger partial charge in [-0.25, -0.2) is 9.97 Å². The molecule has 1 fully saturated rings. The van der Waals surface area contributed by atoms with Gasteiger partial charge in [0.15, 0.2) is 0 Å².